The molecule has 3 N–H and O–H groups in total. The SMILES string of the molecule is C[C@](O)(c1nnc(N)o1)C(F)(F)F. The lowest BCUT2D eigenvalue weighted by molar-refractivity contribution is -0.266. The molecule has 0 aromatic carbocycles. The molecule has 74 valence electrons. The molecular weight excluding hydrogens is 191 g/mol. The molecule has 0 unspecified atom stereocenters. The largest absolute Gasteiger partial charge is 0.426 e. The fourth-order valence-corrected chi connectivity index (χ4v) is 0.553. The van der Waals surface area contributed by atoms with Crippen LogP contribution in [-0.2, 0) is 5.60 Å². The minimum atomic E-state index is -4.88. The molecule has 1 atom stereocenters. The van der Waals surface area contributed by atoms with E-state index in [0.717, 1.165) is 0 Å². The molecule has 1 aromatic heterocycles. The average molecular weight is 197 g/mol. The first-order valence-electron chi connectivity index (χ1n) is 3.13. The number of halogens is 3. The molecule has 0 fully saturated rings. The lowest BCUT2D eigenvalue weighted by Crippen LogP contribution is -2.39. The van der Waals surface area contributed by atoms with E-state index in [4.69, 9.17) is 10.8 Å². The summed E-state index contributed by atoms with van der Waals surface area (Å²) in [4.78, 5) is 0. The molecule has 5 nitrogen and oxygen atoms in total. The van der Waals surface area contributed by atoms with Crippen LogP contribution in [0, 0.1) is 0 Å². The van der Waals surface area contributed by atoms with Gasteiger partial charge in [0.1, 0.15) is 0 Å². The maximum absolute atomic E-state index is 12.1. The molecule has 0 spiro atoms. The number of nitrogens with two attached hydrogens (primary N) is 1. The lowest BCUT2D eigenvalue weighted by atomic mass is 10.1. The Morgan fingerprint density at radius 3 is 2.23 bits per heavy atom. The highest BCUT2D eigenvalue weighted by Gasteiger charge is 2.55. The summed E-state index contributed by atoms with van der Waals surface area (Å²) >= 11 is 0. The molecular formula is C5H6F3N3O2. The molecule has 0 saturated carbocycles. The molecule has 0 aliphatic rings. The van der Waals surface area contributed by atoms with Gasteiger partial charge in [-0.2, -0.15) is 13.2 Å². The Morgan fingerprint density at radius 2 is 1.92 bits per heavy atom. The first-order chi connectivity index (χ1) is 5.75. The monoisotopic (exact) mass is 197 g/mol. The van der Waals surface area contributed by atoms with Gasteiger partial charge in [-0.25, -0.2) is 0 Å². The van der Waals surface area contributed by atoms with Gasteiger partial charge in [-0.15, -0.1) is 5.10 Å². The fraction of sp³-hybridized carbons (Fsp3) is 0.600. The van der Waals surface area contributed by atoms with Crippen LogP contribution in [0.5, 0.6) is 0 Å². The summed E-state index contributed by atoms with van der Waals surface area (Å²) in [6, 6.07) is -0.528. The topological polar surface area (TPSA) is 85.2 Å². The summed E-state index contributed by atoms with van der Waals surface area (Å²) in [6.45, 7) is 0.500. The van der Waals surface area contributed by atoms with E-state index in [2.05, 4.69) is 14.6 Å². The number of nitrogens with zero attached hydrogens (tertiary/aromatic N) is 2. The number of alkyl halides is 3. The predicted molar refractivity (Wildman–Crippen MR) is 34.3 cm³/mol. The zero-order valence-electron chi connectivity index (χ0n) is 6.46. The van der Waals surface area contributed by atoms with Gasteiger partial charge >= 0.3 is 12.2 Å². The molecule has 13 heavy (non-hydrogen) atoms. The number of aliphatic hydroxyl groups is 1. The molecule has 0 bridgehead atoms. The van der Waals surface area contributed by atoms with Crippen molar-refractivity contribution < 1.29 is 22.7 Å². The summed E-state index contributed by atoms with van der Waals surface area (Å²) in [5.41, 5.74) is 1.73. The Hall–Kier alpha value is -1.31. The van der Waals surface area contributed by atoms with Crippen molar-refractivity contribution in [2.75, 3.05) is 5.73 Å². The Kier molecular flexibility index (Phi) is 1.95. The lowest BCUT2D eigenvalue weighted by Gasteiger charge is -2.21. The van der Waals surface area contributed by atoms with Crippen molar-refractivity contribution in [3.8, 4) is 0 Å². The van der Waals surface area contributed by atoms with Crippen molar-refractivity contribution in [1.29, 1.82) is 0 Å². The second-order valence-electron chi connectivity index (χ2n) is 2.52. The van der Waals surface area contributed by atoms with Crippen LogP contribution in [0.2, 0.25) is 0 Å². The minimum absolute atomic E-state index is 0.500. The van der Waals surface area contributed by atoms with Gasteiger partial charge in [0.2, 0.25) is 5.60 Å². The van der Waals surface area contributed by atoms with Crippen molar-refractivity contribution >= 4 is 6.01 Å². The van der Waals surface area contributed by atoms with E-state index in [9.17, 15) is 13.2 Å². The maximum Gasteiger partial charge on any atom is 0.426 e. The smallest absolute Gasteiger partial charge is 0.405 e. The van der Waals surface area contributed by atoms with E-state index in [0.29, 0.717) is 6.92 Å². The zero-order chi connectivity index (χ0) is 10.3. The number of rotatable bonds is 1. The number of hydrogen-bond acceptors (Lipinski definition) is 5. The standard InChI is InChI=1S/C5H6F3N3O2/c1-4(12,5(6,7)8)2-10-11-3(9)13-2/h12H,1H3,(H2,9,11)/t4-/m0/s1. The van der Waals surface area contributed by atoms with Crippen molar-refractivity contribution in [3.63, 3.8) is 0 Å². The number of anilines is 1. The van der Waals surface area contributed by atoms with Gasteiger partial charge in [0.15, 0.2) is 0 Å². The van der Waals surface area contributed by atoms with Crippen LogP contribution in [0.15, 0.2) is 4.42 Å². The molecule has 1 heterocycles. The van der Waals surface area contributed by atoms with E-state index in [-0.39, 0.29) is 0 Å². The molecule has 0 amide bonds. The molecule has 0 aliphatic heterocycles. The molecule has 1 aromatic rings. The van der Waals surface area contributed by atoms with Crippen molar-refractivity contribution in [1.82, 2.24) is 10.2 Å². The molecule has 0 aliphatic carbocycles. The highest BCUT2D eigenvalue weighted by Crippen LogP contribution is 2.37. The number of hydrogen-bond donors (Lipinski definition) is 2. The summed E-state index contributed by atoms with van der Waals surface area (Å²) < 4.78 is 40.6. The van der Waals surface area contributed by atoms with Gasteiger partial charge in [-0.05, 0) is 6.92 Å². The van der Waals surface area contributed by atoms with Crippen LogP contribution in [0.3, 0.4) is 0 Å². The van der Waals surface area contributed by atoms with Crippen LogP contribution >= 0.6 is 0 Å². The predicted octanol–water partition coefficient (Wildman–Crippen LogP) is 0.422. The molecule has 0 radical (unpaired) electrons. The highest BCUT2D eigenvalue weighted by atomic mass is 19.4. The van der Waals surface area contributed by atoms with Crippen LogP contribution in [0.4, 0.5) is 19.2 Å². The molecule has 0 saturated heterocycles. The highest BCUT2D eigenvalue weighted by molar-refractivity contribution is 5.09. The summed E-state index contributed by atoms with van der Waals surface area (Å²) in [5.74, 6) is -0.975. The minimum Gasteiger partial charge on any atom is -0.405 e. The first kappa shape index (κ1) is 9.78. The van der Waals surface area contributed by atoms with Crippen molar-refractivity contribution in [3.05, 3.63) is 5.89 Å². The van der Waals surface area contributed by atoms with Gasteiger partial charge in [0.05, 0.1) is 0 Å². The van der Waals surface area contributed by atoms with Crippen molar-refractivity contribution in [2.45, 2.75) is 18.7 Å². The number of aromatic nitrogens is 2. The van der Waals surface area contributed by atoms with E-state index in [1.807, 2.05) is 0 Å². The van der Waals surface area contributed by atoms with E-state index in [1.54, 1.807) is 0 Å². The van der Waals surface area contributed by atoms with E-state index >= 15 is 0 Å². The number of nitrogen functional groups attached to an aromatic ring is 1. The normalized spacial score (nSPS) is 17.0. The summed E-state index contributed by atoms with van der Waals surface area (Å²) in [5, 5.41) is 14.9. The van der Waals surface area contributed by atoms with Gasteiger partial charge in [-0.3, -0.25) is 0 Å². The zero-order valence-corrected chi connectivity index (χ0v) is 6.46. The third kappa shape index (κ3) is 1.57. The average Bonchev–Trinajstić information content (AvgIpc) is 2.33. The van der Waals surface area contributed by atoms with Gasteiger partial charge in [-0.1, -0.05) is 5.10 Å². The van der Waals surface area contributed by atoms with E-state index < -0.39 is 23.7 Å². The van der Waals surface area contributed by atoms with Crippen molar-refractivity contribution in [2.24, 2.45) is 0 Å². The Labute approximate surface area is 70.4 Å². The quantitative estimate of drug-likeness (QED) is 0.681. The third-order valence-electron chi connectivity index (χ3n) is 1.41. The maximum atomic E-state index is 12.1. The second-order valence-corrected chi connectivity index (χ2v) is 2.52. The van der Waals surface area contributed by atoms with Crippen LogP contribution < -0.4 is 5.73 Å². The second kappa shape index (κ2) is 2.59. The van der Waals surface area contributed by atoms with Crippen LogP contribution in [0.25, 0.3) is 0 Å². The summed E-state index contributed by atoms with van der Waals surface area (Å²) in [6.07, 6.45) is -4.88. The molecule has 8 heteroatoms. The first-order valence-corrected chi connectivity index (χ1v) is 3.13. The van der Waals surface area contributed by atoms with Gasteiger partial charge < -0.3 is 15.3 Å². The fourth-order valence-electron chi connectivity index (χ4n) is 0.553. The van der Waals surface area contributed by atoms with Gasteiger partial charge in [0.25, 0.3) is 5.89 Å². The summed E-state index contributed by atoms with van der Waals surface area (Å²) in [7, 11) is 0. The Bertz CT molecular complexity index is 306. The van der Waals surface area contributed by atoms with E-state index in [1.165, 1.54) is 0 Å². The van der Waals surface area contributed by atoms with Crippen LogP contribution in [0.1, 0.15) is 12.8 Å². The molecule has 1 rings (SSSR count). The third-order valence-corrected chi connectivity index (χ3v) is 1.41. The Balaban J connectivity index is 3.07. The van der Waals surface area contributed by atoms with Gasteiger partial charge in [0, 0.05) is 0 Å². The van der Waals surface area contributed by atoms with Crippen LogP contribution in [-0.4, -0.2) is 21.5 Å². The Morgan fingerprint density at radius 1 is 1.38 bits per heavy atom.